The van der Waals surface area contributed by atoms with Crippen molar-refractivity contribution in [1.29, 1.82) is 0 Å². The summed E-state index contributed by atoms with van der Waals surface area (Å²) in [6.45, 7) is 4.29. The number of pyridine rings is 2. The summed E-state index contributed by atoms with van der Waals surface area (Å²) in [5.41, 5.74) is 1.32. The number of hydrogen-bond donors (Lipinski definition) is 1. The van der Waals surface area contributed by atoms with E-state index in [0.29, 0.717) is 29.3 Å². The van der Waals surface area contributed by atoms with Gasteiger partial charge >= 0.3 is 6.18 Å². The maximum atomic E-state index is 14.6. The Bertz CT molecular complexity index is 1260. The third-order valence-electron chi connectivity index (χ3n) is 6.21. The zero-order valence-corrected chi connectivity index (χ0v) is 20.4. The van der Waals surface area contributed by atoms with Gasteiger partial charge < -0.3 is 10.2 Å². The SMILES string of the molecule is Cc1ccc(-c2ccc(C)nc2C(=O)N2CC(F)(F)CC(C)C2CNc2ncc(C(F)(F)F)cn2)nc1. The molecule has 1 aliphatic heterocycles. The van der Waals surface area contributed by atoms with Crippen molar-refractivity contribution in [3.63, 3.8) is 0 Å². The predicted molar refractivity (Wildman–Crippen MR) is 126 cm³/mol. The van der Waals surface area contributed by atoms with Crippen molar-refractivity contribution in [2.45, 2.75) is 45.3 Å². The topological polar surface area (TPSA) is 83.9 Å². The Kier molecular flexibility index (Phi) is 7.11. The lowest BCUT2D eigenvalue weighted by Crippen LogP contribution is -2.57. The molecule has 7 nitrogen and oxygen atoms in total. The summed E-state index contributed by atoms with van der Waals surface area (Å²) in [7, 11) is 0. The van der Waals surface area contributed by atoms with Crippen LogP contribution in [-0.4, -0.2) is 55.8 Å². The molecule has 1 fully saturated rings. The van der Waals surface area contributed by atoms with Gasteiger partial charge in [-0.25, -0.2) is 23.7 Å². The smallest absolute Gasteiger partial charge is 0.352 e. The van der Waals surface area contributed by atoms with E-state index in [-0.39, 0.29) is 18.2 Å². The van der Waals surface area contributed by atoms with Crippen molar-refractivity contribution in [3.05, 3.63) is 65.4 Å². The fourth-order valence-electron chi connectivity index (χ4n) is 4.33. The van der Waals surface area contributed by atoms with E-state index in [9.17, 15) is 26.7 Å². The molecule has 4 rings (SSSR count). The van der Waals surface area contributed by atoms with E-state index in [4.69, 9.17) is 0 Å². The molecule has 3 aromatic heterocycles. The number of likely N-dealkylation sites (tertiary alicyclic amines) is 1. The van der Waals surface area contributed by atoms with Crippen LogP contribution in [0, 0.1) is 19.8 Å². The van der Waals surface area contributed by atoms with Gasteiger partial charge in [0.05, 0.1) is 23.8 Å². The first-order valence-corrected chi connectivity index (χ1v) is 11.6. The summed E-state index contributed by atoms with van der Waals surface area (Å²) in [4.78, 5) is 30.9. The highest BCUT2D eigenvalue weighted by atomic mass is 19.4. The van der Waals surface area contributed by atoms with Crippen molar-refractivity contribution >= 4 is 11.9 Å². The van der Waals surface area contributed by atoms with Gasteiger partial charge in [-0.05, 0) is 43.5 Å². The Hall–Kier alpha value is -3.70. The number of carbonyl (C=O) groups excluding carboxylic acids is 1. The number of hydrogen-bond acceptors (Lipinski definition) is 6. The molecule has 3 aromatic rings. The molecule has 0 aliphatic carbocycles. The van der Waals surface area contributed by atoms with Crippen LogP contribution in [0.3, 0.4) is 0 Å². The van der Waals surface area contributed by atoms with Gasteiger partial charge in [-0.3, -0.25) is 9.78 Å². The van der Waals surface area contributed by atoms with Crippen molar-refractivity contribution in [2.24, 2.45) is 5.92 Å². The number of piperidine rings is 1. The van der Waals surface area contributed by atoms with E-state index in [1.165, 1.54) is 0 Å². The quantitative estimate of drug-likeness (QED) is 0.468. The summed E-state index contributed by atoms with van der Waals surface area (Å²) in [6, 6.07) is 6.22. The van der Waals surface area contributed by atoms with Crippen LogP contribution in [0.1, 0.15) is 40.7 Å². The molecule has 1 N–H and O–H groups in total. The van der Waals surface area contributed by atoms with Gasteiger partial charge in [0.1, 0.15) is 5.69 Å². The van der Waals surface area contributed by atoms with E-state index in [0.717, 1.165) is 10.5 Å². The van der Waals surface area contributed by atoms with Crippen LogP contribution in [0.25, 0.3) is 11.3 Å². The second-order valence-electron chi connectivity index (χ2n) is 9.28. The van der Waals surface area contributed by atoms with Crippen LogP contribution in [-0.2, 0) is 6.18 Å². The number of amides is 1. The third kappa shape index (κ3) is 6.00. The van der Waals surface area contributed by atoms with Crippen molar-refractivity contribution in [3.8, 4) is 11.3 Å². The van der Waals surface area contributed by atoms with Crippen LogP contribution in [0.15, 0.2) is 42.9 Å². The summed E-state index contributed by atoms with van der Waals surface area (Å²) < 4.78 is 67.7. The van der Waals surface area contributed by atoms with Crippen LogP contribution in [0.2, 0.25) is 0 Å². The minimum atomic E-state index is -4.59. The average molecular weight is 521 g/mol. The molecular formula is C25H25F5N6O. The predicted octanol–water partition coefficient (Wildman–Crippen LogP) is 5.17. The monoisotopic (exact) mass is 520 g/mol. The lowest BCUT2D eigenvalue weighted by atomic mass is 9.88. The minimum Gasteiger partial charge on any atom is -0.352 e. The zero-order chi connectivity index (χ0) is 27.0. The van der Waals surface area contributed by atoms with Gasteiger partial charge in [-0.15, -0.1) is 0 Å². The highest BCUT2D eigenvalue weighted by Gasteiger charge is 2.46. The molecule has 0 radical (unpaired) electrons. The summed E-state index contributed by atoms with van der Waals surface area (Å²) >= 11 is 0. The number of aromatic nitrogens is 4. The number of nitrogens with zero attached hydrogens (tertiary/aromatic N) is 5. The number of carbonyl (C=O) groups is 1. The van der Waals surface area contributed by atoms with E-state index in [2.05, 4.69) is 25.3 Å². The first-order chi connectivity index (χ1) is 17.3. The first kappa shape index (κ1) is 26.4. The van der Waals surface area contributed by atoms with Gasteiger partial charge in [0.15, 0.2) is 0 Å². The van der Waals surface area contributed by atoms with Crippen LogP contribution in [0.4, 0.5) is 27.9 Å². The second kappa shape index (κ2) is 9.98. The third-order valence-corrected chi connectivity index (χ3v) is 6.21. The van der Waals surface area contributed by atoms with Crippen molar-refractivity contribution < 1.29 is 26.7 Å². The molecule has 196 valence electrons. The summed E-state index contributed by atoms with van der Waals surface area (Å²) in [6.07, 6.45) is -2.14. The molecule has 2 unspecified atom stereocenters. The molecule has 0 spiro atoms. The molecule has 0 bridgehead atoms. The Morgan fingerprint density at radius 3 is 2.41 bits per heavy atom. The molecule has 1 aliphatic rings. The van der Waals surface area contributed by atoms with Crippen LogP contribution >= 0.6 is 0 Å². The Morgan fingerprint density at radius 1 is 1.08 bits per heavy atom. The van der Waals surface area contributed by atoms with Gasteiger partial charge in [0, 0.05) is 42.8 Å². The second-order valence-corrected chi connectivity index (χ2v) is 9.28. The molecule has 4 heterocycles. The highest BCUT2D eigenvalue weighted by molar-refractivity contribution is 5.99. The molecule has 2 atom stereocenters. The molecular weight excluding hydrogens is 495 g/mol. The van der Waals surface area contributed by atoms with Crippen LogP contribution in [0.5, 0.6) is 0 Å². The molecule has 0 saturated carbocycles. The van der Waals surface area contributed by atoms with E-state index < -0.39 is 48.5 Å². The first-order valence-electron chi connectivity index (χ1n) is 11.6. The highest BCUT2D eigenvalue weighted by Crippen LogP contribution is 2.36. The molecule has 1 saturated heterocycles. The summed E-state index contributed by atoms with van der Waals surface area (Å²) in [5.74, 6) is -4.56. The van der Waals surface area contributed by atoms with Crippen molar-refractivity contribution in [2.75, 3.05) is 18.4 Å². The van der Waals surface area contributed by atoms with Gasteiger partial charge in [-0.2, -0.15) is 13.2 Å². The fraction of sp³-hybridized carbons (Fsp3) is 0.400. The summed E-state index contributed by atoms with van der Waals surface area (Å²) in [5, 5.41) is 2.79. The fourth-order valence-corrected chi connectivity index (χ4v) is 4.33. The average Bonchev–Trinajstić information content (AvgIpc) is 2.82. The number of anilines is 1. The largest absolute Gasteiger partial charge is 0.419 e. The lowest BCUT2D eigenvalue weighted by molar-refractivity contribution is -0.138. The van der Waals surface area contributed by atoms with E-state index in [1.807, 2.05) is 13.0 Å². The molecule has 37 heavy (non-hydrogen) atoms. The lowest BCUT2D eigenvalue weighted by Gasteiger charge is -2.43. The maximum absolute atomic E-state index is 14.6. The van der Waals surface area contributed by atoms with E-state index >= 15 is 0 Å². The number of nitrogens with one attached hydrogen (secondary N) is 1. The Balaban J connectivity index is 1.63. The van der Waals surface area contributed by atoms with Gasteiger partial charge in [-0.1, -0.05) is 13.0 Å². The zero-order valence-electron chi connectivity index (χ0n) is 20.4. The Labute approximate surface area is 210 Å². The Morgan fingerprint density at radius 2 is 1.78 bits per heavy atom. The van der Waals surface area contributed by atoms with Crippen LogP contribution < -0.4 is 5.32 Å². The van der Waals surface area contributed by atoms with Gasteiger partial charge in [0.25, 0.3) is 11.8 Å². The van der Waals surface area contributed by atoms with Gasteiger partial charge in [0.2, 0.25) is 5.95 Å². The normalized spacial score (nSPS) is 19.5. The minimum absolute atomic E-state index is 0.00275. The van der Waals surface area contributed by atoms with E-state index in [1.54, 1.807) is 38.2 Å². The molecule has 0 aromatic carbocycles. The number of halogens is 5. The number of alkyl halides is 5. The number of aryl methyl sites for hydroxylation is 2. The molecule has 12 heteroatoms. The number of rotatable bonds is 5. The maximum Gasteiger partial charge on any atom is 0.419 e. The molecule has 1 amide bonds. The standard InChI is InChI=1S/C25H25F5N6O/c1-14-4-7-19(31-9-14)18-6-5-16(3)35-21(18)22(37)36-13-24(26,27)8-15(2)20(36)12-34-23-32-10-17(11-33-23)25(28,29)30/h4-7,9-11,15,20H,8,12-13H2,1-3H3,(H,32,33,34). The van der Waals surface area contributed by atoms with Crippen molar-refractivity contribution in [1.82, 2.24) is 24.8 Å².